The molecule has 0 bridgehead atoms. The molecule has 0 saturated carbocycles. The molecule has 0 amide bonds. The summed E-state index contributed by atoms with van der Waals surface area (Å²) in [7, 11) is 1.81. The minimum atomic E-state index is 0.602. The maximum absolute atomic E-state index is 5.88. The third kappa shape index (κ3) is 1.46. The van der Waals surface area contributed by atoms with Gasteiger partial charge in [0.25, 0.3) is 0 Å². The summed E-state index contributed by atoms with van der Waals surface area (Å²) in [4.78, 5) is 0. The Kier molecular flexibility index (Phi) is 2.22. The average Bonchev–Trinajstić information content (AvgIpc) is 2.86. The van der Waals surface area contributed by atoms with E-state index in [4.69, 9.17) is 10.2 Å². The van der Waals surface area contributed by atoms with Crippen LogP contribution < -0.4 is 5.73 Å². The van der Waals surface area contributed by atoms with E-state index in [2.05, 4.69) is 21.0 Å². The van der Waals surface area contributed by atoms with Gasteiger partial charge in [-0.05, 0) is 22.0 Å². The highest BCUT2D eigenvalue weighted by atomic mass is 79.9. The van der Waals surface area contributed by atoms with Crippen molar-refractivity contribution in [2.45, 2.75) is 0 Å². The van der Waals surface area contributed by atoms with Gasteiger partial charge in [-0.15, -0.1) is 0 Å². The highest BCUT2D eigenvalue weighted by molar-refractivity contribution is 9.10. The molecule has 0 aliphatic heterocycles. The fourth-order valence-corrected chi connectivity index (χ4v) is 2.39. The van der Waals surface area contributed by atoms with E-state index >= 15 is 0 Å². The molecule has 3 rings (SSSR count). The number of rotatable bonds is 1. The molecule has 1 aromatic carbocycles. The summed E-state index contributed by atoms with van der Waals surface area (Å²) >= 11 is 3.46. The fraction of sp³-hybridized carbons (Fsp3) is 0.0833. The number of aryl methyl sites for hydroxylation is 1. The molecule has 86 valence electrons. The molecule has 0 aliphatic carbocycles. The first kappa shape index (κ1) is 10.4. The number of halogens is 1. The summed E-state index contributed by atoms with van der Waals surface area (Å²) in [6, 6.07) is 7.85. The second-order valence-electron chi connectivity index (χ2n) is 3.82. The number of hydrogen-bond donors (Lipinski definition) is 1. The molecule has 2 aromatic heterocycles. The Morgan fingerprint density at radius 2 is 2.12 bits per heavy atom. The van der Waals surface area contributed by atoms with Gasteiger partial charge in [0.15, 0.2) is 0 Å². The van der Waals surface area contributed by atoms with E-state index < -0.39 is 0 Å². The van der Waals surface area contributed by atoms with Crippen molar-refractivity contribution in [1.29, 1.82) is 0 Å². The largest absolute Gasteiger partial charge is 0.464 e. The zero-order valence-electron chi connectivity index (χ0n) is 9.14. The van der Waals surface area contributed by atoms with Crippen molar-refractivity contribution in [3.63, 3.8) is 0 Å². The van der Waals surface area contributed by atoms with Crippen LogP contribution in [0.2, 0.25) is 0 Å². The van der Waals surface area contributed by atoms with Crippen molar-refractivity contribution in [3.8, 4) is 11.3 Å². The number of benzene rings is 1. The highest BCUT2D eigenvalue weighted by Gasteiger charge is 2.17. The molecular formula is C12H10BrN3O. The van der Waals surface area contributed by atoms with Crippen LogP contribution in [0.25, 0.3) is 22.2 Å². The van der Waals surface area contributed by atoms with E-state index in [-0.39, 0.29) is 0 Å². The quantitative estimate of drug-likeness (QED) is 0.749. The van der Waals surface area contributed by atoms with Gasteiger partial charge in [0.05, 0.1) is 4.47 Å². The topological polar surface area (TPSA) is 57.0 Å². The average molecular weight is 292 g/mol. The minimum absolute atomic E-state index is 0.602. The normalized spacial score (nSPS) is 11.2. The first-order valence-corrected chi connectivity index (χ1v) is 5.92. The van der Waals surface area contributed by atoms with Crippen molar-refractivity contribution >= 4 is 32.7 Å². The zero-order chi connectivity index (χ0) is 12.0. The van der Waals surface area contributed by atoms with Gasteiger partial charge in [-0.3, -0.25) is 4.68 Å². The molecule has 2 N–H and O–H groups in total. The van der Waals surface area contributed by atoms with Crippen LogP contribution in [0.5, 0.6) is 0 Å². The Hall–Kier alpha value is -1.75. The zero-order valence-corrected chi connectivity index (χ0v) is 10.7. The highest BCUT2D eigenvalue weighted by Crippen LogP contribution is 2.36. The number of fused-ring (bicyclic) bond motifs is 1. The maximum Gasteiger partial charge on any atom is 0.136 e. The SMILES string of the molecule is Cn1nc(-c2coc3ccccc23)c(Br)c1N. The van der Waals surface area contributed by atoms with E-state index in [0.717, 1.165) is 26.7 Å². The molecule has 0 unspecified atom stereocenters. The Balaban J connectivity index is 2.31. The maximum atomic E-state index is 5.88. The smallest absolute Gasteiger partial charge is 0.136 e. The van der Waals surface area contributed by atoms with Crippen LogP contribution in [0, 0.1) is 0 Å². The van der Waals surface area contributed by atoms with Crippen LogP contribution >= 0.6 is 15.9 Å². The number of furan rings is 1. The van der Waals surface area contributed by atoms with Crippen molar-refractivity contribution in [2.75, 3.05) is 5.73 Å². The van der Waals surface area contributed by atoms with Crippen LogP contribution in [-0.4, -0.2) is 9.78 Å². The molecule has 0 spiro atoms. The van der Waals surface area contributed by atoms with Gasteiger partial charge in [-0.25, -0.2) is 0 Å². The lowest BCUT2D eigenvalue weighted by Crippen LogP contribution is -1.97. The monoisotopic (exact) mass is 291 g/mol. The summed E-state index contributed by atoms with van der Waals surface area (Å²) < 4.78 is 7.93. The van der Waals surface area contributed by atoms with Crippen LogP contribution in [-0.2, 0) is 7.05 Å². The van der Waals surface area contributed by atoms with Crippen molar-refractivity contribution in [2.24, 2.45) is 7.05 Å². The van der Waals surface area contributed by atoms with E-state index in [1.54, 1.807) is 10.9 Å². The molecule has 5 heteroatoms. The lowest BCUT2D eigenvalue weighted by Gasteiger charge is -1.93. The summed E-state index contributed by atoms with van der Waals surface area (Å²) in [5, 5.41) is 5.42. The number of para-hydroxylation sites is 1. The van der Waals surface area contributed by atoms with Crippen molar-refractivity contribution in [1.82, 2.24) is 9.78 Å². The second-order valence-corrected chi connectivity index (χ2v) is 4.61. The predicted molar refractivity (Wildman–Crippen MR) is 70.5 cm³/mol. The Morgan fingerprint density at radius 3 is 2.82 bits per heavy atom. The molecular weight excluding hydrogens is 282 g/mol. The van der Waals surface area contributed by atoms with Crippen molar-refractivity contribution < 1.29 is 4.42 Å². The first-order chi connectivity index (χ1) is 8.18. The summed E-state index contributed by atoms with van der Waals surface area (Å²) in [6.07, 6.45) is 1.71. The molecule has 0 atom stereocenters. The standard InChI is InChI=1S/C12H10BrN3O/c1-16-12(14)10(13)11(15-16)8-6-17-9-5-3-2-4-7(8)9/h2-6H,14H2,1H3. The van der Waals surface area contributed by atoms with E-state index in [1.807, 2.05) is 31.3 Å². The molecule has 0 aliphatic rings. The van der Waals surface area contributed by atoms with Crippen molar-refractivity contribution in [3.05, 3.63) is 35.0 Å². The van der Waals surface area contributed by atoms with E-state index in [0.29, 0.717) is 5.82 Å². The molecule has 0 saturated heterocycles. The molecule has 0 fully saturated rings. The third-order valence-corrected chi connectivity index (χ3v) is 3.55. The number of anilines is 1. The van der Waals surface area contributed by atoms with Gasteiger partial charge in [0, 0.05) is 18.0 Å². The molecule has 2 heterocycles. The van der Waals surface area contributed by atoms with Crippen LogP contribution in [0.4, 0.5) is 5.82 Å². The number of aromatic nitrogens is 2. The van der Waals surface area contributed by atoms with Crippen LogP contribution in [0.1, 0.15) is 0 Å². The summed E-state index contributed by atoms with van der Waals surface area (Å²) in [6.45, 7) is 0. The van der Waals surface area contributed by atoms with E-state index in [1.165, 1.54) is 0 Å². The first-order valence-electron chi connectivity index (χ1n) is 5.13. The molecule has 0 radical (unpaired) electrons. The number of hydrogen-bond acceptors (Lipinski definition) is 3. The Labute approximate surface area is 106 Å². The lowest BCUT2D eigenvalue weighted by atomic mass is 10.1. The van der Waals surface area contributed by atoms with Gasteiger partial charge in [-0.2, -0.15) is 5.10 Å². The number of nitrogens with zero attached hydrogens (tertiary/aromatic N) is 2. The van der Waals surface area contributed by atoms with Gasteiger partial charge in [-0.1, -0.05) is 18.2 Å². The van der Waals surface area contributed by atoms with Gasteiger partial charge in [0.1, 0.15) is 23.4 Å². The van der Waals surface area contributed by atoms with E-state index in [9.17, 15) is 0 Å². The fourth-order valence-electron chi connectivity index (χ4n) is 1.84. The second kappa shape index (κ2) is 3.63. The summed E-state index contributed by atoms with van der Waals surface area (Å²) in [5.74, 6) is 0.602. The summed E-state index contributed by atoms with van der Waals surface area (Å²) in [5.41, 5.74) is 8.47. The molecule has 4 nitrogen and oxygen atoms in total. The predicted octanol–water partition coefficient (Wildman–Crippen LogP) is 3.18. The van der Waals surface area contributed by atoms with Crippen LogP contribution in [0.3, 0.4) is 0 Å². The number of nitrogen functional groups attached to an aromatic ring is 1. The van der Waals surface area contributed by atoms with Gasteiger partial charge >= 0.3 is 0 Å². The van der Waals surface area contributed by atoms with Crippen LogP contribution in [0.15, 0.2) is 39.4 Å². The Morgan fingerprint density at radius 1 is 1.35 bits per heavy atom. The third-order valence-electron chi connectivity index (χ3n) is 2.77. The van der Waals surface area contributed by atoms with Gasteiger partial charge in [0.2, 0.25) is 0 Å². The molecule has 17 heavy (non-hydrogen) atoms. The minimum Gasteiger partial charge on any atom is -0.464 e. The van der Waals surface area contributed by atoms with Gasteiger partial charge < -0.3 is 10.2 Å². The molecule has 3 aromatic rings. The number of nitrogens with two attached hydrogens (primary N) is 1. The Bertz CT molecular complexity index is 699. The lowest BCUT2D eigenvalue weighted by molar-refractivity contribution is 0.616.